The normalized spacial score (nSPS) is 18.0. The van der Waals surface area contributed by atoms with E-state index in [0.717, 1.165) is 18.2 Å². The van der Waals surface area contributed by atoms with E-state index in [-0.39, 0.29) is 17.3 Å². The van der Waals surface area contributed by atoms with Gasteiger partial charge in [-0.3, -0.25) is 10.1 Å². The van der Waals surface area contributed by atoms with Gasteiger partial charge in [0.2, 0.25) is 0 Å². The van der Waals surface area contributed by atoms with Crippen LogP contribution in [0.15, 0.2) is 24.3 Å². The van der Waals surface area contributed by atoms with Gasteiger partial charge in [-0.1, -0.05) is 0 Å². The van der Waals surface area contributed by atoms with Gasteiger partial charge in [-0.25, -0.2) is 4.79 Å². The lowest BCUT2D eigenvalue weighted by atomic mass is 10.1. The molecule has 1 fully saturated rings. The lowest BCUT2D eigenvalue weighted by molar-refractivity contribution is -0.385. The number of ether oxygens (including phenoxy) is 1. The number of carboxylic acids is 1. The Bertz CT molecular complexity index is 579. The van der Waals surface area contributed by atoms with E-state index in [1.165, 1.54) is 12.1 Å². The topological polar surface area (TPSA) is 92.9 Å². The van der Waals surface area contributed by atoms with Crippen LogP contribution in [0.1, 0.15) is 12.0 Å². The number of hydrogen-bond acceptors (Lipinski definition) is 5. The van der Waals surface area contributed by atoms with Gasteiger partial charge < -0.3 is 14.7 Å². The van der Waals surface area contributed by atoms with Gasteiger partial charge in [0.05, 0.1) is 23.1 Å². The molecule has 0 aliphatic carbocycles. The van der Waals surface area contributed by atoms with Crippen molar-refractivity contribution in [3.05, 3.63) is 40.0 Å². The van der Waals surface area contributed by atoms with Crippen LogP contribution in [-0.4, -0.2) is 42.3 Å². The van der Waals surface area contributed by atoms with Crippen LogP contribution in [0, 0.1) is 10.1 Å². The van der Waals surface area contributed by atoms with Gasteiger partial charge in [0.25, 0.3) is 5.69 Å². The maximum atomic E-state index is 11.0. The van der Waals surface area contributed by atoms with Crippen molar-refractivity contribution in [3.63, 3.8) is 0 Å². The van der Waals surface area contributed by atoms with Crippen molar-refractivity contribution in [2.75, 3.05) is 25.2 Å². The highest BCUT2D eigenvalue weighted by Crippen LogP contribution is 2.28. The van der Waals surface area contributed by atoms with Gasteiger partial charge in [0.15, 0.2) is 0 Å². The summed E-state index contributed by atoms with van der Waals surface area (Å²) >= 11 is 0. The van der Waals surface area contributed by atoms with Crippen LogP contribution in [0.4, 0.5) is 11.4 Å². The number of benzene rings is 1. The quantitative estimate of drug-likeness (QED) is 0.506. The third-order valence-corrected chi connectivity index (χ3v) is 3.47. The summed E-state index contributed by atoms with van der Waals surface area (Å²) in [5.41, 5.74) is 0.944. The molecular weight excluding hydrogens is 276 g/mol. The van der Waals surface area contributed by atoms with Crippen molar-refractivity contribution in [1.82, 2.24) is 0 Å². The Morgan fingerprint density at radius 3 is 2.90 bits per heavy atom. The Kier molecular flexibility index (Phi) is 4.54. The third kappa shape index (κ3) is 3.57. The average molecular weight is 292 g/mol. The van der Waals surface area contributed by atoms with Gasteiger partial charge in [-0.2, -0.15) is 0 Å². The van der Waals surface area contributed by atoms with E-state index in [0.29, 0.717) is 13.2 Å². The lowest BCUT2D eigenvalue weighted by Crippen LogP contribution is -2.31. The molecule has 0 amide bonds. The third-order valence-electron chi connectivity index (χ3n) is 3.47. The fourth-order valence-corrected chi connectivity index (χ4v) is 2.26. The minimum Gasteiger partial charge on any atom is -0.478 e. The number of nitro groups is 1. The first kappa shape index (κ1) is 15.0. The van der Waals surface area contributed by atoms with E-state index in [2.05, 4.69) is 0 Å². The zero-order valence-corrected chi connectivity index (χ0v) is 11.6. The number of aliphatic carboxylic acids is 1. The highest BCUT2D eigenvalue weighted by Gasteiger charge is 2.22. The zero-order chi connectivity index (χ0) is 15.4. The molecule has 0 radical (unpaired) electrons. The monoisotopic (exact) mass is 292 g/mol. The predicted octanol–water partition coefficient (Wildman–Crippen LogP) is 1.92. The first-order valence-corrected chi connectivity index (χ1v) is 6.49. The summed E-state index contributed by atoms with van der Waals surface area (Å²) in [5.74, 6) is -1.15. The van der Waals surface area contributed by atoms with E-state index in [9.17, 15) is 14.9 Å². The van der Waals surface area contributed by atoms with E-state index in [1.807, 2.05) is 11.9 Å². The molecule has 1 aliphatic rings. The Hall–Kier alpha value is -2.41. The number of carboxylic acid groups (broad SMARTS) is 1. The van der Waals surface area contributed by atoms with Crippen LogP contribution >= 0.6 is 0 Å². The second-order valence-electron chi connectivity index (χ2n) is 4.80. The van der Waals surface area contributed by atoms with Crippen molar-refractivity contribution in [2.24, 2.45) is 0 Å². The Balaban J connectivity index is 2.33. The van der Waals surface area contributed by atoms with Crippen LogP contribution in [0.3, 0.4) is 0 Å². The summed E-state index contributed by atoms with van der Waals surface area (Å²) in [4.78, 5) is 23.1. The van der Waals surface area contributed by atoms with Gasteiger partial charge in [0, 0.05) is 31.5 Å². The van der Waals surface area contributed by atoms with Crippen molar-refractivity contribution < 1.29 is 19.6 Å². The largest absolute Gasteiger partial charge is 0.478 e. The molecule has 7 nitrogen and oxygen atoms in total. The number of hydrogen-bond donors (Lipinski definition) is 1. The summed E-state index contributed by atoms with van der Waals surface area (Å²) in [7, 11) is 1.89. The Morgan fingerprint density at radius 1 is 1.57 bits per heavy atom. The summed E-state index contributed by atoms with van der Waals surface area (Å²) in [6.07, 6.45) is 3.03. The highest BCUT2D eigenvalue weighted by atomic mass is 16.6. The number of anilines is 1. The van der Waals surface area contributed by atoms with Gasteiger partial charge in [0.1, 0.15) is 0 Å². The van der Waals surface area contributed by atoms with Crippen LogP contribution in [0.5, 0.6) is 0 Å². The van der Waals surface area contributed by atoms with Crippen LogP contribution in [0.2, 0.25) is 0 Å². The molecule has 112 valence electrons. The predicted molar refractivity (Wildman–Crippen MR) is 77.4 cm³/mol. The van der Waals surface area contributed by atoms with E-state index >= 15 is 0 Å². The molecule has 0 saturated carbocycles. The summed E-state index contributed by atoms with van der Waals surface area (Å²) in [5, 5.41) is 19.7. The summed E-state index contributed by atoms with van der Waals surface area (Å²) in [6.45, 7) is 1.32. The van der Waals surface area contributed by atoms with Crippen molar-refractivity contribution >= 4 is 23.4 Å². The molecule has 1 heterocycles. The van der Waals surface area contributed by atoms with Crippen LogP contribution in [-0.2, 0) is 9.53 Å². The Labute approximate surface area is 121 Å². The molecule has 2 rings (SSSR count). The summed E-state index contributed by atoms with van der Waals surface area (Å²) in [6, 6.07) is 4.90. The number of nitrogens with zero attached hydrogens (tertiary/aromatic N) is 2. The van der Waals surface area contributed by atoms with Gasteiger partial charge in [-0.05, 0) is 24.6 Å². The molecule has 0 spiro atoms. The first-order valence-electron chi connectivity index (χ1n) is 6.49. The molecule has 1 aromatic carbocycles. The second kappa shape index (κ2) is 6.36. The standard InChI is InChI=1S/C14H16N2O5/c1-15(12-6-7-21-9-12)11-3-4-13(16(19)20)10(8-11)2-5-14(17)18/h2-5,8,12H,6-7,9H2,1H3,(H,17,18)/b5-2+. The molecule has 0 bridgehead atoms. The van der Waals surface area contributed by atoms with Crippen LogP contribution < -0.4 is 4.90 Å². The number of rotatable bonds is 5. The lowest BCUT2D eigenvalue weighted by Gasteiger charge is -2.25. The van der Waals surface area contributed by atoms with Crippen molar-refractivity contribution in [3.8, 4) is 0 Å². The van der Waals surface area contributed by atoms with Crippen molar-refractivity contribution in [2.45, 2.75) is 12.5 Å². The summed E-state index contributed by atoms with van der Waals surface area (Å²) < 4.78 is 5.33. The van der Waals surface area contributed by atoms with E-state index in [1.54, 1.807) is 12.1 Å². The molecular formula is C14H16N2O5. The van der Waals surface area contributed by atoms with Gasteiger partial charge in [-0.15, -0.1) is 0 Å². The molecule has 7 heteroatoms. The number of likely N-dealkylation sites (N-methyl/N-ethyl adjacent to an activating group) is 1. The first-order chi connectivity index (χ1) is 9.99. The molecule has 1 N–H and O–H groups in total. The minimum absolute atomic E-state index is 0.118. The number of nitro benzene ring substituents is 1. The maximum absolute atomic E-state index is 11.0. The maximum Gasteiger partial charge on any atom is 0.328 e. The zero-order valence-electron chi connectivity index (χ0n) is 11.6. The fraction of sp³-hybridized carbons (Fsp3) is 0.357. The number of carbonyl (C=O) groups is 1. The van der Waals surface area contributed by atoms with E-state index in [4.69, 9.17) is 9.84 Å². The molecule has 1 aliphatic heterocycles. The second-order valence-corrected chi connectivity index (χ2v) is 4.80. The fourth-order valence-electron chi connectivity index (χ4n) is 2.26. The minimum atomic E-state index is -1.15. The SMILES string of the molecule is CN(c1ccc([N+](=O)[O-])c(/C=C/C(=O)O)c1)C1CCOC1. The van der Waals surface area contributed by atoms with Crippen molar-refractivity contribution in [1.29, 1.82) is 0 Å². The highest BCUT2D eigenvalue weighted by molar-refractivity contribution is 5.86. The molecule has 21 heavy (non-hydrogen) atoms. The van der Waals surface area contributed by atoms with E-state index < -0.39 is 10.9 Å². The van der Waals surface area contributed by atoms with Gasteiger partial charge >= 0.3 is 5.97 Å². The smallest absolute Gasteiger partial charge is 0.328 e. The average Bonchev–Trinajstić information content (AvgIpc) is 2.97. The van der Waals surface area contributed by atoms with Crippen LogP contribution in [0.25, 0.3) is 6.08 Å². The Morgan fingerprint density at radius 2 is 2.33 bits per heavy atom. The molecule has 1 saturated heterocycles. The molecule has 1 aromatic rings. The molecule has 1 atom stereocenters. The molecule has 1 unspecified atom stereocenters. The molecule has 0 aromatic heterocycles.